The maximum atomic E-state index is 13.3. The smallest absolute Gasteiger partial charge is 0.309 e. The summed E-state index contributed by atoms with van der Waals surface area (Å²) in [5, 5.41) is 0. The maximum absolute atomic E-state index is 13.3. The quantitative estimate of drug-likeness (QED) is 0.728. The molecule has 10 heteroatoms. The Morgan fingerprint density at radius 2 is 2.11 bits per heavy atom. The highest BCUT2D eigenvalue weighted by molar-refractivity contribution is 8.26. The average Bonchev–Trinajstić information content (AvgIpc) is 3.43. The van der Waals surface area contributed by atoms with E-state index in [1.807, 2.05) is 6.92 Å². The monoisotopic (exact) mass is 403 g/mol. The van der Waals surface area contributed by atoms with Crippen LogP contribution in [0.5, 0.6) is 0 Å². The molecule has 3 aliphatic rings. The highest BCUT2D eigenvalue weighted by atomic mass is 32.3. The molecule has 0 amide bonds. The number of nitrogens with zero attached hydrogens (tertiary/aromatic N) is 3. The normalized spacial score (nSPS) is 33.4. The summed E-state index contributed by atoms with van der Waals surface area (Å²) in [6, 6.07) is 3.40. The summed E-state index contributed by atoms with van der Waals surface area (Å²) in [6.07, 6.45) is -0.246. The van der Waals surface area contributed by atoms with E-state index in [0.29, 0.717) is 23.8 Å². The van der Waals surface area contributed by atoms with Gasteiger partial charge in [0.25, 0.3) is 5.92 Å². The molecule has 4 unspecified atom stereocenters. The van der Waals surface area contributed by atoms with Crippen LogP contribution in [0.2, 0.25) is 0 Å². The molecule has 0 aromatic carbocycles. The van der Waals surface area contributed by atoms with Gasteiger partial charge in [-0.3, -0.25) is 13.9 Å². The van der Waals surface area contributed by atoms with Crippen molar-refractivity contribution in [3.05, 3.63) is 17.8 Å². The number of halogens is 2. The number of pyridine rings is 1. The van der Waals surface area contributed by atoms with Gasteiger partial charge in [0.2, 0.25) is 0 Å². The van der Waals surface area contributed by atoms with Crippen molar-refractivity contribution in [3.8, 4) is 0 Å². The van der Waals surface area contributed by atoms with Gasteiger partial charge in [-0.05, 0) is 35.9 Å². The first-order valence-electron chi connectivity index (χ1n) is 8.94. The zero-order valence-corrected chi connectivity index (χ0v) is 16.1. The molecule has 2 heterocycles. The van der Waals surface area contributed by atoms with E-state index in [1.165, 1.54) is 15.7 Å². The molecule has 27 heavy (non-hydrogen) atoms. The van der Waals surface area contributed by atoms with Gasteiger partial charge < -0.3 is 4.74 Å². The van der Waals surface area contributed by atoms with E-state index >= 15 is 0 Å². The number of anilines is 2. The van der Waals surface area contributed by atoms with Crippen molar-refractivity contribution in [1.82, 2.24) is 4.98 Å². The molecule has 0 spiro atoms. The topological polar surface area (TPSA) is 86.1 Å². The van der Waals surface area contributed by atoms with Crippen LogP contribution in [0.25, 0.3) is 0 Å². The number of hydrogen-bond donors (Lipinski definition) is 2. The largest absolute Gasteiger partial charge is 0.466 e. The van der Waals surface area contributed by atoms with Gasteiger partial charge in [-0.25, -0.2) is 22.4 Å². The second-order valence-corrected chi connectivity index (χ2v) is 9.42. The lowest BCUT2D eigenvalue weighted by molar-refractivity contribution is -0.145. The van der Waals surface area contributed by atoms with E-state index in [1.54, 1.807) is 19.1 Å². The number of fused-ring (bicyclic) bond motifs is 1. The van der Waals surface area contributed by atoms with E-state index in [2.05, 4.69) is 4.98 Å². The van der Waals surface area contributed by atoms with Crippen LogP contribution in [0.3, 0.4) is 0 Å². The number of aromatic nitrogens is 1. The lowest BCUT2D eigenvalue weighted by Gasteiger charge is -2.41. The summed E-state index contributed by atoms with van der Waals surface area (Å²) in [6.45, 7) is 3.88. The Bertz CT molecular complexity index is 793. The summed E-state index contributed by atoms with van der Waals surface area (Å²) in [5.41, 5.74) is 1.09. The second-order valence-electron chi connectivity index (χ2n) is 7.45. The first-order valence-corrected chi connectivity index (χ1v) is 10.4. The third-order valence-electron chi connectivity index (χ3n) is 5.73. The Hall–Kier alpha value is -1.65. The van der Waals surface area contributed by atoms with Crippen LogP contribution in [0.4, 0.5) is 20.3 Å². The highest BCUT2D eigenvalue weighted by Gasteiger charge is 2.59. The number of rotatable bonds is 5. The van der Waals surface area contributed by atoms with Gasteiger partial charge in [0.15, 0.2) is 5.82 Å². The Morgan fingerprint density at radius 1 is 1.44 bits per heavy atom. The maximum Gasteiger partial charge on any atom is 0.309 e. The van der Waals surface area contributed by atoms with E-state index in [4.69, 9.17) is 4.74 Å². The van der Waals surface area contributed by atoms with E-state index in [0.717, 1.165) is 0 Å². The van der Waals surface area contributed by atoms with Crippen LogP contribution >= 0.6 is 11.0 Å². The molecule has 150 valence electrons. The van der Waals surface area contributed by atoms with Gasteiger partial charge >= 0.3 is 5.97 Å². The number of carbonyl (C=O) groups is 1. The van der Waals surface area contributed by atoms with Crippen LogP contribution in [0.15, 0.2) is 12.1 Å². The number of ether oxygens (including phenoxy) is 1. The fourth-order valence-electron chi connectivity index (χ4n) is 3.85. The summed E-state index contributed by atoms with van der Waals surface area (Å²) in [7, 11) is -1.94. The van der Waals surface area contributed by atoms with Crippen molar-refractivity contribution in [1.29, 1.82) is 0 Å². The molecule has 2 fully saturated rings. The molecular formula is C17H23F2N3O4S. The molecule has 2 aliphatic carbocycles. The van der Waals surface area contributed by atoms with Crippen molar-refractivity contribution < 1.29 is 27.4 Å². The molecule has 2 N–H and O–H groups in total. The number of esters is 1. The van der Waals surface area contributed by atoms with Gasteiger partial charge in [-0.15, -0.1) is 0 Å². The number of alkyl halides is 2. The molecule has 1 aliphatic heterocycles. The fourth-order valence-corrected chi connectivity index (χ4v) is 5.29. The third kappa shape index (κ3) is 2.85. The Labute approximate surface area is 157 Å². The zero-order valence-electron chi connectivity index (χ0n) is 15.3. The summed E-state index contributed by atoms with van der Waals surface area (Å²) < 4.78 is 55.3. The Kier molecular flexibility index (Phi) is 4.10. The molecule has 0 bridgehead atoms. The highest BCUT2D eigenvalue weighted by Crippen LogP contribution is 2.63. The van der Waals surface area contributed by atoms with E-state index in [-0.39, 0.29) is 36.7 Å². The van der Waals surface area contributed by atoms with Crippen LogP contribution in [0, 0.1) is 17.8 Å². The van der Waals surface area contributed by atoms with E-state index in [9.17, 15) is 22.7 Å². The SMILES string of the molecule is CCOC(=O)C1C(C)C1c1ccc2c(n1)N(C)S(O)(O)N2CC1CC1(F)F. The fraction of sp³-hybridized carbons (Fsp3) is 0.647. The Balaban J connectivity index is 1.59. The molecule has 4 rings (SSSR count). The zero-order chi connectivity index (χ0) is 19.7. The van der Waals surface area contributed by atoms with Gasteiger partial charge in [-0.1, -0.05) is 6.92 Å². The summed E-state index contributed by atoms with van der Waals surface area (Å²) >= 11 is 0. The van der Waals surface area contributed by atoms with Crippen molar-refractivity contribution >= 4 is 28.4 Å². The average molecular weight is 403 g/mol. The van der Waals surface area contributed by atoms with E-state index < -0.39 is 22.8 Å². The van der Waals surface area contributed by atoms with Gasteiger partial charge in [0.05, 0.1) is 12.5 Å². The molecular weight excluding hydrogens is 380 g/mol. The molecule has 1 aromatic heterocycles. The van der Waals surface area contributed by atoms with Crippen molar-refractivity contribution in [2.75, 3.05) is 28.8 Å². The van der Waals surface area contributed by atoms with Crippen LogP contribution in [0.1, 0.15) is 31.9 Å². The molecule has 1 aromatic rings. The summed E-state index contributed by atoms with van der Waals surface area (Å²) in [5.74, 6) is -3.83. The van der Waals surface area contributed by atoms with Gasteiger partial charge in [0, 0.05) is 37.5 Å². The lowest BCUT2D eigenvalue weighted by atomic mass is 10.2. The molecule has 0 saturated heterocycles. The summed E-state index contributed by atoms with van der Waals surface area (Å²) in [4.78, 5) is 16.6. The first kappa shape index (κ1) is 18.7. The van der Waals surface area contributed by atoms with Gasteiger partial charge in [0.1, 0.15) is 5.69 Å². The molecule has 0 radical (unpaired) electrons. The third-order valence-corrected chi connectivity index (χ3v) is 7.57. The number of carbonyl (C=O) groups excluding carboxylic acids is 1. The molecule has 4 atom stereocenters. The minimum atomic E-state index is -3.43. The van der Waals surface area contributed by atoms with Crippen molar-refractivity contribution in [3.63, 3.8) is 0 Å². The minimum absolute atomic E-state index is 0.0860. The number of hydrogen-bond acceptors (Lipinski definition) is 7. The second kappa shape index (κ2) is 5.92. The van der Waals surface area contributed by atoms with Crippen LogP contribution in [-0.2, 0) is 9.53 Å². The van der Waals surface area contributed by atoms with Crippen LogP contribution < -0.4 is 8.61 Å². The lowest BCUT2D eigenvalue weighted by Crippen LogP contribution is -2.33. The predicted octanol–water partition coefficient (Wildman–Crippen LogP) is 3.49. The predicted molar refractivity (Wildman–Crippen MR) is 97.9 cm³/mol. The first-order chi connectivity index (χ1) is 12.6. The van der Waals surface area contributed by atoms with Crippen LogP contribution in [-0.4, -0.2) is 46.2 Å². The molecule has 2 saturated carbocycles. The van der Waals surface area contributed by atoms with Crippen molar-refractivity contribution in [2.45, 2.75) is 32.1 Å². The Morgan fingerprint density at radius 3 is 2.70 bits per heavy atom. The van der Waals surface area contributed by atoms with Crippen molar-refractivity contribution in [2.24, 2.45) is 17.8 Å². The standard InChI is InChI=1S/C17H23F2N3O4S/c1-4-26-16(23)14-9(2)13(14)11-5-6-12-15(20-11)21(3)27(24,25)22(12)8-10-7-17(10,18)19/h5-6,9-10,13-14,24-25H,4,7-8H2,1-3H3. The minimum Gasteiger partial charge on any atom is -0.466 e. The molecule has 7 nitrogen and oxygen atoms in total. The van der Waals surface area contributed by atoms with Gasteiger partial charge in [-0.2, -0.15) is 0 Å².